The molecule has 0 spiro atoms. The molecule has 1 aromatic heterocycles. The zero-order valence-corrected chi connectivity index (χ0v) is 15.9. The van der Waals surface area contributed by atoms with E-state index in [1.165, 1.54) is 6.21 Å². The number of carbonyl (C=O) groups excluding carboxylic acids is 1. The number of ether oxygens (including phenoxy) is 3. The van der Waals surface area contributed by atoms with Gasteiger partial charge in [-0.15, -0.1) is 0 Å². The first-order chi connectivity index (χ1) is 14.2. The van der Waals surface area contributed by atoms with E-state index in [1.54, 1.807) is 11.6 Å². The number of amides is 1. The van der Waals surface area contributed by atoms with E-state index < -0.39 is 6.09 Å². The van der Waals surface area contributed by atoms with Crippen LogP contribution in [0.4, 0.5) is 4.79 Å². The third-order valence-electron chi connectivity index (χ3n) is 4.21. The predicted octanol–water partition coefficient (Wildman–Crippen LogP) is 3.39. The van der Waals surface area contributed by atoms with Crippen LogP contribution in [0.1, 0.15) is 12.5 Å². The lowest BCUT2D eigenvalue weighted by atomic mass is 10.1. The van der Waals surface area contributed by atoms with Gasteiger partial charge in [0, 0.05) is 17.3 Å². The van der Waals surface area contributed by atoms with Crippen LogP contribution in [-0.4, -0.2) is 41.9 Å². The van der Waals surface area contributed by atoms with E-state index in [9.17, 15) is 4.79 Å². The highest BCUT2D eigenvalue weighted by molar-refractivity contribution is 5.89. The van der Waals surface area contributed by atoms with E-state index in [-0.39, 0.29) is 6.61 Å². The molecule has 1 aliphatic rings. The summed E-state index contributed by atoms with van der Waals surface area (Å²) in [6, 6.07) is 15.4. The second-order valence-electron chi connectivity index (χ2n) is 6.16. The minimum Gasteiger partial charge on any atom is -0.486 e. The van der Waals surface area contributed by atoms with Gasteiger partial charge in [-0.3, -0.25) is 0 Å². The standard InChI is InChI=1S/C21H20N4O4/c1-2-27-21(26)23-22-13-16-14-25(17-6-4-3-5-7-17)24-20(16)15-8-9-18-19(12-15)29-11-10-28-18/h3-9,12-14H,2,10-11H2,1H3,(H,23,26). The zero-order chi connectivity index (χ0) is 20.1. The van der Waals surface area contributed by atoms with Crippen molar-refractivity contribution in [3.8, 4) is 28.4 Å². The number of nitrogens with zero attached hydrogens (tertiary/aromatic N) is 3. The molecule has 0 fully saturated rings. The van der Waals surface area contributed by atoms with Crippen molar-refractivity contribution in [2.45, 2.75) is 6.92 Å². The van der Waals surface area contributed by atoms with Crippen LogP contribution in [0.25, 0.3) is 16.9 Å². The van der Waals surface area contributed by atoms with Crippen LogP contribution in [0.2, 0.25) is 0 Å². The molecular formula is C21H20N4O4. The Kier molecular flexibility index (Phi) is 5.42. The summed E-state index contributed by atoms with van der Waals surface area (Å²) in [7, 11) is 0. The summed E-state index contributed by atoms with van der Waals surface area (Å²) in [6.07, 6.45) is 2.77. The molecule has 0 unspecified atom stereocenters. The maximum absolute atomic E-state index is 11.5. The second kappa shape index (κ2) is 8.47. The summed E-state index contributed by atoms with van der Waals surface area (Å²) in [5.74, 6) is 1.39. The lowest BCUT2D eigenvalue weighted by molar-refractivity contribution is 0.152. The molecule has 1 N–H and O–H groups in total. The van der Waals surface area contributed by atoms with Gasteiger partial charge in [0.05, 0.1) is 18.5 Å². The first-order valence-corrected chi connectivity index (χ1v) is 9.25. The van der Waals surface area contributed by atoms with Crippen molar-refractivity contribution in [1.29, 1.82) is 0 Å². The molecule has 2 aromatic carbocycles. The second-order valence-corrected chi connectivity index (χ2v) is 6.16. The van der Waals surface area contributed by atoms with Crippen molar-refractivity contribution in [2.75, 3.05) is 19.8 Å². The van der Waals surface area contributed by atoms with Crippen molar-refractivity contribution in [3.63, 3.8) is 0 Å². The summed E-state index contributed by atoms with van der Waals surface area (Å²) in [6.45, 7) is 3.04. The van der Waals surface area contributed by atoms with Crippen molar-refractivity contribution in [2.24, 2.45) is 5.10 Å². The smallest absolute Gasteiger partial charge is 0.427 e. The lowest BCUT2D eigenvalue weighted by Crippen LogP contribution is -2.18. The lowest BCUT2D eigenvalue weighted by Gasteiger charge is -2.18. The molecule has 1 amide bonds. The Hall–Kier alpha value is -3.81. The average Bonchev–Trinajstić information content (AvgIpc) is 3.18. The minimum absolute atomic E-state index is 0.274. The third-order valence-corrected chi connectivity index (χ3v) is 4.21. The number of rotatable bonds is 5. The molecule has 3 aromatic rings. The highest BCUT2D eigenvalue weighted by Gasteiger charge is 2.16. The van der Waals surface area contributed by atoms with Gasteiger partial charge in [-0.1, -0.05) is 18.2 Å². The van der Waals surface area contributed by atoms with Crippen LogP contribution >= 0.6 is 0 Å². The molecule has 0 atom stereocenters. The monoisotopic (exact) mass is 392 g/mol. The van der Waals surface area contributed by atoms with Gasteiger partial charge in [0.1, 0.15) is 18.9 Å². The molecule has 8 heteroatoms. The van der Waals surface area contributed by atoms with Crippen molar-refractivity contribution >= 4 is 12.3 Å². The van der Waals surface area contributed by atoms with Crippen LogP contribution in [-0.2, 0) is 4.74 Å². The number of para-hydroxylation sites is 1. The Balaban J connectivity index is 1.70. The Bertz CT molecular complexity index is 1030. The number of carbonyl (C=O) groups is 1. The molecule has 2 heterocycles. The molecule has 8 nitrogen and oxygen atoms in total. The van der Waals surface area contributed by atoms with Gasteiger partial charge >= 0.3 is 6.09 Å². The summed E-state index contributed by atoms with van der Waals surface area (Å²) >= 11 is 0. The van der Waals surface area contributed by atoms with E-state index in [0.717, 1.165) is 16.8 Å². The Morgan fingerprint density at radius 1 is 1.21 bits per heavy atom. The van der Waals surface area contributed by atoms with Crippen molar-refractivity contribution < 1.29 is 19.0 Å². The quantitative estimate of drug-likeness (QED) is 0.531. The van der Waals surface area contributed by atoms with E-state index in [4.69, 9.17) is 19.3 Å². The molecule has 0 aliphatic carbocycles. The largest absolute Gasteiger partial charge is 0.486 e. The maximum atomic E-state index is 11.5. The van der Waals surface area contributed by atoms with E-state index >= 15 is 0 Å². The molecule has 0 bridgehead atoms. The predicted molar refractivity (Wildman–Crippen MR) is 108 cm³/mol. The number of hydrogen-bond acceptors (Lipinski definition) is 6. The number of benzene rings is 2. The molecule has 0 saturated carbocycles. The fourth-order valence-electron chi connectivity index (χ4n) is 2.93. The SMILES string of the molecule is CCOC(=O)NN=Cc1cn(-c2ccccc2)nc1-c1ccc2c(c1)OCCO2. The Morgan fingerprint density at radius 3 is 2.79 bits per heavy atom. The molecule has 0 radical (unpaired) electrons. The van der Waals surface area contributed by atoms with Crippen LogP contribution in [0.3, 0.4) is 0 Å². The minimum atomic E-state index is -0.611. The third kappa shape index (κ3) is 4.21. The van der Waals surface area contributed by atoms with Crippen LogP contribution in [0.15, 0.2) is 59.8 Å². The fraction of sp³-hybridized carbons (Fsp3) is 0.190. The first kappa shape index (κ1) is 18.5. The number of hydrazone groups is 1. The van der Waals surface area contributed by atoms with Crippen molar-refractivity contribution in [1.82, 2.24) is 15.2 Å². The molecule has 0 saturated heterocycles. The summed E-state index contributed by atoms with van der Waals surface area (Å²) < 4.78 is 17.9. The van der Waals surface area contributed by atoms with Gasteiger partial charge in [0.25, 0.3) is 0 Å². The van der Waals surface area contributed by atoms with Gasteiger partial charge in [-0.2, -0.15) is 10.2 Å². The van der Waals surface area contributed by atoms with E-state index in [2.05, 4.69) is 10.5 Å². The molecule has 1 aliphatic heterocycles. The first-order valence-electron chi connectivity index (χ1n) is 9.25. The van der Waals surface area contributed by atoms with Gasteiger partial charge in [0.15, 0.2) is 11.5 Å². The Labute approximate surface area is 167 Å². The van der Waals surface area contributed by atoms with Gasteiger partial charge in [0.2, 0.25) is 0 Å². The highest BCUT2D eigenvalue weighted by atomic mass is 16.6. The van der Waals surface area contributed by atoms with Crippen LogP contribution < -0.4 is 14.9 Å². The highest BCUT2D eigenvalue weighted by Crippen LogP contribution is 2.35. The topological polar surface area (TPSA) is 87.0 Å². The van der Waals surface area contributed by atoms with Gasteiger partial charge in [-0.05, 0) is 37.3 Å². The maximum Gasteiger partial charge on any atom is 0.427 e. The number of nitrogens with one attached hydrogen (secondary N) is 1. The fourth-order valence-corrected chi connectivity index (χ4v) is 2.93. The molecule has 148 valence electrons. The summed E-state index contributed by atoms with van der Waals surface area (Å²) in [5, 5.41) is 8.70. The van der Waals surface area contributed by atoms with Crippen molar-refractivity contribution in [3.05, 3.63) is 60.3 Å². The molecule has 29 heavy (non-hydrogen) atoms. The zero-order valence-electron chi connectivity index (χ0n) is 15.9. The number of aromatic nitrogens is 2. The van der Waals surface area contributed by atoms with E-state index in [1.807, 2.05) is 54.7 Å². The molecule has 4 rings (SSSR count). The summed E-state index contributed by atoms with van der Waals surface area (Å²) in [5.41, 5.74) is 5.51. The van der Waals surface area contributed by atoms with Gasteiger partial charge in [-0.25, -0.2) is 14.9 Å². The Morgan fingerprint density at radius 2 is 2.00 bits per heavy atom. The average molecular weight is 392 g/mol. The number of fused-ring (bicyclic) bond motifs is 1. The van der Waals surface area contributed by atoms with E-state index in [0.29, 0.717) is 30.4 Å². The van der Waals surface area contributed by atoms with Gasteiger partial charge < -0.3 is 14.2 Å². The number of hydrogen-bond donors (Lipinski definition) is 1. The normalized spacial score (nSPS) is 12.7. The summed E-state index contributed by atoms with van der Waals surface area (Å²) in [4.78, 5) is 11.5. The van der Waals surface area contributed by atoms with Crippen LogP contribution in [0.5, 0.6) is 11.5 Å². The van der Waals surface area contributed by atoms with Crippen LogP contribution in [0, 0.1) is 0 Å². The molecular weight excluding hydrogens is 372 g/mol.